The summed E-state index contributed by atoms with van der Waals surface area (Å²) in [6.45, 7) is 5.66. The average molecular weight is 513 g/mol. The van der Waals surface area contributed by atoms with Crippen LogP contribution in [-0.2, 0) is 19.1 Å². The largest absolute Gasteiger partial charge is 0.461 e. The molecule has 0 aliphatic heterocycles. The Kier molecular flexibility index (Phi) is 8.84. The van der Waals surface area contributed by atoms with Crippen LogP contribution in [-0.4, -0.2) is 30.4 Å². The second-order valence-corrected chi connectivity index (χ2v) is 8.34. The molecule has 0 bridgehead atoms. The zero-order valence-corrected chi connectivity index (χ0v) is 18.6. The number of esters is 2. The molecule has 178 valence electrons. The lowest BCUT2D eigenvalue weighted by Crippen LogP contribution is -2.20. The fourth-order valence-corrected chi connectivity index (χ4v) is 3.59. The molecule has 0 radical (unpaired) electrons. The smallest absolute Gasteiger partial charge is 0.333 e. The maximum absolute atomic E-state index is 14.4. The molecule has 0 fully saturated rings. The number of benzene rings is 2. The van der Waals surface area contributed by atoms with E-state index in [1.165, 1.54) is 13.8 Å². The van der Waals surface area contributed by atoms with Gasteiger partial charge in [0, 0.05) is 16.0 Å². The van der Waals surface area contributed by atoms with E-state index >= 15 is 0 Å². The van der Waals surface area contributed by atoms with Crippen molar-refractivity contribution in [2.24, 2.45) is 0 Å². The number of thioether (sulfide) groups is 1. The monoisotopic (exact) mass is 512 g/mol. The van der Waals surface area contributed by atoms with Gasteiger partial charge in [0.15, 0.2) is 23.3 Å². The Bertz CT molecular complexity index is 1100. The van der Waals surface area contributed by atoms with Gasteiger partial charge in [-0.1, -0.05) is 18.2 Å². The predicted molar refractivity (Wildman–Crippen MR) is 109 cm³/mol. The highest BCUT2D eigenvalue weighted by molar-refractivity contribution is 8.00. The van der Waals surface area contributed by atoms with Crippen LogP contribution in [0.1, 0.15) is 13.8 Å². The zero-order chi connectivity index (χ0) is 25.0. The maximum Gasteiger partial charge on any atom is 0.333 e. The lowest BCUT2D eigenvalue weighted by atomic mass is 10.0. The van der Waals surface area contributed by atoms with Gasteiger partial charge in [-0.25, -0.2) is 31.1 Å². The number of halogens is 7. The highest BCUT2D eigenvalue weighted by atomic mass is 35.5. The number of hydrogen-bond acceptors (Lipinski definition) is 5. The molecule has 2 aromatic carbocycles. The Morgan fingerprint density at radius 3 is 2.03 bits per heavy atom. The van der Waals surface area contributed by atoms with Crippen LogP contribution in [0.25, 0.3) is 11.1 Å². The van der Waals surface area contributed by atoms with Gasteiger partial charge in [-0.05, 0) is 26.0 Å². The third kappa shape index (κ3) is 6.02. The van der Waals surface area contributed by atoms with Crippen LogP contribution in [0.4, 0.5) is 26.3 Å². The highest BCUT2D eigenvalue weighted by Crippen LogP contribution is 2.39. The molecule has 0 spiro atoms. The highest BCUT2D eigenvalue weighted by Gasteiger charge is 2.29. The van der Waals surface area contributed by atoms with Crippen molar-refractivity contribution < 1.29 is 45.4 Å². The lowest BCUT2D eigenvalue weighted by Gasteiger charge is -2.15. The molecular formula is C21H15ClF6O4S. The predicted octanol–water partition coefficient (Wildman–Crippen LogP) is 5.98. The van der Waals surface area contributed by atoms with E-state index in [9.17, 15) is 35.9 Å². The van der Waals surface area contributed by atoms with Gasteiger partial charge in [0.25, 0.3) is 0 Å². The van der Waals surface area contributed by atoms with Gasteiger partial charge in [-0.15, -0.1) is 11.8 Å². The fourth-order valence-electron chi connectivity index (χ4n) is 2.41. The molecular weight excluding hydrogens is 498 g/mol. The van der Waals surface area contributed by atoms with Gasteiger partial charge < -0.3 is 9.47 Å². The number of carbonyl (C=O) groups is 2. The van der Waals surface area contributed by atoms with E-state index in [1.54, 1.807) is 0 Å². The summed E-state index contributed by atoms with van der Waals surface area (Å²) in [6, 6.07) is 1.38. The molecule has 0 amide bonds. The van der Waals surface area contributed by atoms with E-state index in [0.29, 0.717) is 17.8 Å². The van der Waals surface area contributed by atoms with E-state index in [4.69, 9.17) is 21.1 Å². The van der Waals surface area contributed by atoms with E-state index in [2.05, 4.69) is 6.58 Å². The van der Waals surface area contributed by atoms with Gasteiger partial charge >= 0.3 is 11.9 Å². The quantitative estimate of drug-likeness (QED) is 0.0828. The third-order valence-corrected chi connectivity index (χ3v) is 5.61. The molecule has 12 heteroatoms. The summed E-state index contributed by atoms with van der Waals surface area (Å²) in [4.78, 5) is 23.3. The first kappa shape index (κ1) is 26.6. The normalized spacial score (nSPS) is 11.8. The first-order valence-electron chi connectivity index (χ1n) is 9.03. The average Bonchev–Trinajstić information content (AvgIpc) is 2.76. The minimum Gasteiger partial charge on any atom is -0.461 e. The minimum absolute atomic E-state index is 0.0878. The number of carbonyl (C=O) groups excluding carboxylic acids is 2. The molecule has 1 atom stereocenters. The minimum atomic E-state index is -2.39. The van der Waals surface area contributed by atoms with Gasteiger partial charge in [0.2, 0.25) is 5.82 Å². The molecule has 0 aromatic heterocycles. The summed E-state index contributed by atoms with van der Waals surface area (Å²) in [5, 5.41) is -1.27. The number of ether oxygens (including phenoxy) is 2. The van der Waals surface area contributed by atoms with Crippen molar-refractivity contribution >= 4 is 35.3 Å². The Balaban J connectivity index is 2.24. The summed E-state index contributed by atoms with van der Waals surface area (Å²) in [5.74, 6) is -14.1. The van der Waals surface area contributed by atoms with E-state index in [1.807, 2.05) is 0 Å². The van der Waals surface area contributed by atoms with Crippen molar-refractivity contribution in [2.75, 3.05) is 13.2 Å². The molecule has 2 aromatic rings. The molecule has 0 N–H and O–H groups in total. The molecule has 1 unspecified atom stereocenters. The molecule has 33 heavy (non-hydrogen) atoms. The second kappa shape index (κ2) is 11.0. The molecule has 4 nitrogen and oxygen atoms in total. The van der Waals surface area contributed by atoms with Crippen molar-refractivity contribution in [1.82, 2.24) is 0 Å². The number of hydrogen-bond donors (Lipinski definition) is 0. The van der Waals surface area contributed by atoms with E-state index in [-0.39, 0.29) is 28.7 Å². The third-order valence-electron chi connectivity index (χ3n) is 4.05. The van der Waals surface area contributed by atoms with Crippen molar-refractivity contribution in [3.63, 3.8) is 0 Å². The molecule has 0 saturated carbocycles. The van der Waals surface area contributed by atoms with E-state index in [0.717, 1.165) is 6.07 Å². The van der Waals surface area contributed by atoms with Crippen molar-refractivity contribution in [2.45, 2.75) is 24.0 Å². The van der Waals surface area contributed by atoms with Crippen LogP contribution in [0.5, 0.6) is 0 Å². The molecule has 0 aliphatic carbocycles. The Hall–Kier alpha value is -2.66. The first-order chi connectivity index (χ1) is 15.4. The number of rotatable bonds is 8. The molecule has 2 rings (SSSR count). The Labute approximate surface area is 193 Å². The van der Waals surface area contributed by atoms with E-state index < -0.39 is 63.2 Å². The standard InChI is InChI=1S/C21H15ClF6O4S/c1-8(2)20(29)31-4-5-32-21(30)9(3)33-13-6-10(12(23)7-11(13)22)14-15(24)17(26)19(28)18(27)16(14)25/h6-7,9H,1,4-5H2,2-3H3. The summed E-state index contributed by atoms with van der Waals surface area (Å²) in [6.07, 6.45) is 0. The fraction of sp³-hybridized carbons (Fsp3) is 0.238. The van der Waals surface area contributed by atoms with Gasteiger partial charge in [0.1, 0.15) is 24.3 Å². The van der Waals surface area contributed by atoms with Gasteiger partial charge in [0.05, 0.1) is 10.6 Å². The van der Waals surface area contributed by atoms with Crippen molar-refractivity contribution in [3.05, 3.63) is 64.2 Å². The van der Waals surface area contributed by atoms with Crippen LogP contribution in [0.3, 0.4) is 0 Å². The van der Waals surface area contributed by atoms with Gasteiger partial charge in [-0.2, -0.15) is 0 Å². The van der Waals surface area contributed by atoms with Crippen LogP contribution in [0.15, 0.2) is 29.2 Å². The van der Waals surface area contributed by atoms with Crippen LogP contribution in [0.2, 0.25) is 5.02 Å². The SMILES string of the molecule is C=C(C)C(=O)OCCOC(=O)C(C)Sc1cc(-c2c(F)c(F)c(F)c(F)c2F)c(F)cc1Cl. The van der Waals surface area contributed by atoms with Crippen LogP contribution < -0.4 is 0 Å². The van der Waals surface area contributed by atoms with Crippen LogP contribution in [0, 0.1) is 34.9 Å². The zero-order valence-electron chi connectivity index (χ0n) is 17.0. The summed E-state index contributed by atoms with van der Waals surface area (Å²) in [5.41, 5.74) is -2.26. The Morgan fingerprint density at radius 1 is 0.970 bits per heavy atom. The summed E-state index contributed by atoms with van der Waals surface area (Å²) >= 11 is 6.61. The first-order valence-corrected chi connectivity index (χ1v) is 10.3. The molecule has 0 aliphatic rings. The van der Waals surface area contributed by atoms with Crippen LogP contribution >= 0.6 is 23.4 Å². The van der Waals surface area contributed by atoms with Crippen molar-refractivity contribution in [1.29, 1.82) is 0 Å². The molecule has 0 heterocycles. The van der Waals surface area contributed by atoms with Crippen molar-refractivity contribution in [3.8, 4) is 11.1 Å². The topological polar surface area (TPSA) is 52.6 Å². The summed E-state index contributed by atoms with van der Waals surface area (Å²) in [7, 11) is 0. The lowest BCUT2D eigenvalue weighted by molar-refractivity contribution is -0.149. The van der Waals surface area contributed by atoms with Gasteiger partial charge in [-0.3, -0.25) is 4.79 Å². The molecule has 0 saturated heterocycles. The second-order valence-electron chi connectivity index (χ2n) is 6.55. The maximum atomic E-state index is 14.4. The summed E-state index contributed by atoms with van der Waals surface area (Å²) < 4.78 is 92.7. The Morgan fingerprint density at radius 2 is 1.48 bits per heavy atom.